The number of carbonyl (C=O) groups is 4. The summed E-state index contributed by atoms with van der Waals surface area (Å²) in [7, 11) is 0. The molecule has 0 heterocycles. The monoisotopic (exact) mass is 593 g/mol. The molecular formula is C34H47N3O6. The second-order valence-corrected chi connectivity index (χ2v) is 13.3. The number of esters is 1. The normalized spacial score (nSPS) is 15.0. The number of ether oxygens (including phenoxy) is 2. The van der Waals surface area contributed by atoms with Crippen LogP contribution in [-0.4, -0.2) is 58.6 Å². The molecule has 2 aromatic carbocycles. The molecule has 1 aliphatic rings. The van der Waals surface area contributed by atoms with Crippen LogP contribution in [0, 0.1) is 13.8 Å². The van der Waals surface area contributed by atoms with E-state index in [9.17, 15) is 19.2 Å². The van der Waals surface area contributed by atoms with Crippen LogP contribution < -0.4 is 10.6 Å². The molecule has 9 nitrogen and oxygen atoms in total. The topological polar surface area (TPSA) is 114 Å². The molecule has 3 rings (SSSR count). The summed E-state index contributed by atoms with van der Waals surface area (Å²) in [5.41, 5.74) is 1.80. The standard InChI is InChI=1S/C34H47N3O6/c1-22-17-18-23(2)26(19-22)29(37(25-15-12-16-25)28(38)21-35-32(41)43-34(6,7)8)30(39)36-27(31(40)42-33(3,4)5)20-24-13-10-9-11-14-24/h9-11,13-14,17-19,25,27,29H,12,15-16,20-21H2,1-8H3,(H,35,41)(H,36,39). The molecule has 0 bridgehead atoms. The Balaban J connectivity index is 1.99. The van der Waals surface area contributed by atoms with Gasteiger partial charge in [-0.2, -0.15) is 0 Å². The molecular weight excluding hydrogens is 546 g/mol. The van der Waals surface area contributed by atoms with Crippen molar-refractivity contribution >= 4 is 23.9 Å². The molecule has 0 aliphatic heterocycles. The van der Waals surface area contributed by atoms with Crippen LogP contribution in [0.5, 0.6) is 0 Å². The number of nitrogens with zero attached hydrogens (tertiary/aromatic N) is 1. The lowest BCUT2D eigenvalue weighted by Crippen LogP contribution is -2.56. The lowest BCUT2D eigenvalue weighted by molar-refractivity contribution is -0.159. The summed E-state index contributed by atoms with van der Waals surface area (Å²) in [6.07, 6.45) is 1.89. The van der Waals surface area contributed by atoms with Crippen LogP contribution in [0.3, 0.4) is 0 Å². The number of hydrogen-bond donors (Lipinski definition) is 2. The SMILES string of the molecule is Cc1ccc(C)c(C(C(=O)NC(Cc2ccccc2)C(=O)OC(C)(C)C)N(C(=O)CNC(=O)OC(C)(C)C)C2CCC2)c1. The van der Waals surface area contributed by atoms with Crippen molar-refractivity contribution in [2.75, 3.05) is 6.54 Å². The number of rotatable bonds is 10. The Morgan fingerprint density at radius 2 is 1.53 bits per heavy atom. The van der Waals surface area contributed by atoms with Crippen molar-refractivity contribution in [3.05, 3.63) is 70.8 Å². The van der Waals surface area contributed by atoms with Crippen LogP contribution in [-0.2, 0) is 30.3 Å². The van der Waals surface area contributed by atoms with Gasteiger partial charge in [0.05, 0.1) is 0 Å². The molecule has 1 fully saturated rings. The van der Waals surface area contributed by atoms with E-state index in [1.807, 2.05) is 62.4 Å². The lowest BCUT2D eigenvalue weighted by Gasteiger charge is -2.43. The Labute approximate surface area is 255 Å². The maximum absolute atomic E-state index is 14.4. The minimum Gasteiger partial charge on any atom is -0.458 e. The number of carbonyl (C=O) groups excluding carboxylic acids is 4. The van der Waals surface area contributed by atoms with Gasteiger partial charge in [0.2, 0.25) is 11.8 Å². The van der Waals surface area contributed by atoms with Crippen LogP contribution in [0.15, 0.2) is 48.5 Å². The zero-order valence-electron chi connectivity index (χ0n) is 26.8. The Morgan fingerprint density at radius 3 is 2.09 bits per heavy atom. The van der Waals surface area contributed by atoms with E-state index in [0.29, 0.717) is 5.56 Å². The predicted molar refractivity (Wildman–Crippen MR) is 165 cm³/mol. The van der Waals surface area contributed by atoms with Crippen molar-refractivity contribution in [2.24, 2.45) is 0 Å². The fourth-order valence-electron chi connectivity index (χ4n) is 4.92. The van der Waals surface area contributed by atoms with E-state index < -0.39 is 47.2 Å². The van der Waals surface area contributed by atoms with E-state index in [2.05, 4.69) is 10.6 Å². The van der Waals surface area contributed by atoms with E-state index in [0.717, 1.165) is 36.0 Å². The van der Waals surface area contributed by atoms with Crippen molar-refractivity contribution in [1.82, 2.24) is 15.5 Å². The summed E-state index contributed by atoms with van der Waals surface area (Å²) in [6.45, 7) is 14.0. The second-order valence-electron chi connectivity index (χ2n) is 13.3. The van der Waals surface area contributed by atoms with Crippen molar-refractivity contribution in [3.8, 4) is 0 Å². The molecule has 9 heteroatoms. The van der Waals surface area contributed by atoms with Gasteiger partial charge in [-0.25, -0.2) is 9.59 Å². The first kappa shape index (κ1) is 33.6. The van der Waals surface area contributed by atoms with Crippen LogP contribution in [0.2, 0.25) is 0 Å². The van der Waals surface area contributed by atoms with Crippen LogP contribution in [0.1, 0.15) is 89.1 Å². The number of alkyl carbamates (subject to hydrolysis) is 1. The maximum atomic E-state index is 14.4. The first-order valence-corrected chi connectivity index (χ1v) is 15.0. The predicted octanol–water partition coefficient (Wildman–Crippen LogP) is 5.32. The molecule has 0 radical (unpaired) electrons. The molecule has 234 valence electrons. The molecule has 2 aromatic rings. The highest BCUT2D eigenvalue weighted by Crippen LogP contribution is 2.35. The highest BCUT2D eigenvalue weighted by Gasteiger charge is 2.41. The number of amides is 3. The minimum atomic E-state index is -1.03. The molecule has 2 unspecified atom stereocenters. The van der Waals surface area contributed by atoms with Crippen molar-refractivity contribution in [2.45, 2.75) is 110 Å². The van der Waals surface area contributed by atoms with E-state index in [4.69, 9.17) is 9.47 Å². The van der Waals surface area contributed by atoms with Gasteiger partial charge in [0.1, 0.15) is 29.8 Å². The van der Waals surface area contributed by atoms with Gasteiger partial charge < -0.3 is 25.0 Å². The highest BCUT2D eigenvalue weighted by atomic mass is 16.6. The van der Waals surface area contributed by atoms with Gasteiger partial charge in [-0.05, 0) is 91.3 Å². The first-order chi connectivity index (χ1) is 20.0. The third-order valence-corrected chi connectivity index (χ3v) is 7.09. The molecule has 43 heavy (non-hydrogen) atoms. The summed E-state index contributed by atoms with van der Waals surface area (Å²) in [5, 5.41) is 5.50. The quantitative estimate of drug-likeness (QED) is 0.361. The van der Waals surface area contributed by atoms with Gasteiger partial charge in [-0.1, -0.05) is 54.1 Å². The van der Waals surface area contributed by atoms with Gasteiger partial charge >= 0.3 is 12.1 Å². The molecule has 0 spiro atoms. The molecule has 3 amide bonds. The van der Waals surface area contributed by atoms with Crippen LogP contribution in [0.25, 0.3) is 0 Å². The van der Waals surface area contributed by atoms with Crippen molar-refractivity contribution in [3.63, 3.8) is 0 Å². The summed E-state index contributed by atoms with van der Waals surface area (Å²) < 4.78 is 11.0. The Morgan fingerprint density at radius 1 is 0.907 bits per heavy atom. The zero-order chi connectivity index (χ0) is 31.9. The van der Waals surface area contributed by atoms with E-state index in [1.54, 1.807) is 46.4 Å². The van der Waals surface area contributed by atoms with Gasteiger partial charge in [0.15, 0.2) is 0 Å². The third-order valence-electron chi connectivity index (χ3n) is 7.09. The summed E-state index contributed by atoms with van der Waals surface area (Å²) >= 11 is 0. The highest BCUT2D eigenvalue weighted by molar-refractivity contribution is 5.93. The summed E-state index contributed by atoms with van der Waals surface area (Å²) in [6, 6.07) is 13.0. The molecule has 1 saturated carbocycles. The zero-order valence-corrected chi connectivity index (χ0v) is 26.8. The number of aryl methyl sites for hydroxylation is 2. The van der Waals surface area contributed by atoms with Crippen molar-refractivity contribution < 1.29 is 28.7 Å². The molecule has 1 aliphatic carbocycles. The summed E-state index contributed by atoms with van der Waals surface area (Å²) in [4.78, 5) is 55.6. The van der Waals surface area contributed by atoms with Gasteiger partial charge in [0.25, 0.3) is 0 Å². The van der Waals surface area contributed by atoms with Crippen molar-refractivity contribution in [1.29, 1.82) is 0 Å². The second kappa shape index (κ2) is 14.1. The number of benzene rings is 2. The minimum absolute atomic E-state index is 0.197. The van der Waals surface area contributed by atoms with Crippen LogP contribution in [0.4, 0.5) is 4.79 Å². The molecule has 2 N–H and O–H groups in total. The first-order valence-electron chi connectivity index (χ1n) is 15.0. The van der Waals surface area contributed by atoms with Gasteiger partial charge in [-0.3, -0.25) is 9.59 Å². The Bertz CT molecular complexity index is 1290. The average Bonchev–Trinajstić information content (AvgIpc) is 2.86. The third kappa shape index (κ3) is 10.1. The Hall–Kier alpha value is -3.88. The molecule has 0 saturated heterocycles. The largest absolute Gasteiger partial charge is 0.458 e. The number of hydrogen-bond acceptors (Lipinski definition) is 6. The average molecular weight is 594 g/mol. The Kier molecular flexibility index (Phi) is 11.0. The van der Waals surface area contributed by atoms with Gasteiger partial charge in [-0.15, -0.1) is 0 Å². The fraction of sp³-hybridized carbons (Fsp3) is 0.529. The van der Waals surface area contributed by atoms with Gasteiger partial charge in [0, 0.05) is 12.5 Å². The van der Waals surface area contributed by atoms with E-state index in [1.165, 1.54) is 0 Å². The lowest BCUT2D eigenvalue weighted by atomic mass is 9.87. The van der Waals surface area contributed by atoms with E-state index >= 15 is 0 Å². The van der Waals surface area contributed by atoms with Crippen LogP contribution >= 0.6 is 0 Å². The molecule has 2 atom stereocenters. The maximum Gasteiger partial charge on any atom is 0.408 e. The smallest absolute Gasteiger partial charge is 0.408 e. The number of nitrogens with one attached hydrogen (secondary N) is 2. The fourth-order valence-corrected chi connectivity index (χ4v) is 4.92. The summed E-state index contributed by atoms with van der Waals surface area (Å²) in [5.74, 6) is -1.45. The molecule has 0 aromatic heterocycles. The van der Waals surface area contributed by atoms with E-state index in [-0.39, 0.29) is 19.0 Å².